The van der Waals surface area contributed by atoms with Gasteiger partial charge in [-0.2, -0.15) is 0 Å². The Morgan fingerprint density at radius 1 is 0.889 bits per heavy atom. The van der Waals surface area contributed by atoms with Crippen molar-refractivity contribution in [2.75, 3.05) is 65.6 Å². The summed E-state index contributed by atoms with van der Waals surface area (Å²) in [7, 11) is 4.31. The summed E-state index contributed by atoms with van der Waals surface area (Å²) < 4.78 is 20.9. The third kappa shape index (κ3) is 6.92. The number of amides is 3. The van der Waals surface area contributed by atoms with Crippen LogP contribution < -0.4 is 30.0 Å². The fraction of sp³-hybridized carbons (Fsp3) is 0.375. The van der Waals surface area contributed by atoms with Crippen molar-refractivity contribution in [3.8, 4) is 17.2 Å². The van der Waals surface area contributed by atoms with Crippen LogP contribution in [-0.4, -0.2) is 83.3 Å². The predicted molar refractivity (Wildman–Crippen MR) is 133 cm³/mol. The number of piperazine rings is 1. The van der Waals surface area contributed by atoms with Gasteiger partial charge in [0.1, 0.15) is 13.2 Å². The number of hydrogen-bond acceptors (Lipinski definition) is 8. The van der Waals surface area contributed by atoms with Gasteiger partial charge in [-0.05, 0) is 30.3 Å². The topological polar surface area (TPSA) is 119 Å². The Labute approximate surface area is 214 Å². The summed E-state index contributed by atoms with van der Waals surface area (Å²) in [5, 5.41) is 0.664. The van der Waals surface area contributed by atoms with Crippen molar-refractivity contribution in [1.82, 2.24) is 15.8 Å². The lowest BCUT2D eigenvalue weighted by Gasteiger charge is -2.36. The van der Waals surface area contributed by atoms with Crippen molar-refractivity contribution in [3.05, 3.63) is 47.0 Å². The van der Waals surface area contributed by atoms with E-state index in [4.69, 9.17) is 30.5 Å². The molecule has 1 aliphatic heterocycles. The van der Waals surface area contributed by atoms with E-state index in [0.29, 0.717) is 48.5 Å². The molecular weight excluding hydrogens is 492 g/mol. The van der Waals surface area contributed by atoms with Crippen molar-refractivity contribution in [2.45, 2.75) is 0 Å². The monoisotopic (exact) mass is 520 g/mol. The molecule has 0 aliphatic carbocycles. The summed E-state index contributed by atoms with van der Waals surface area (Å²) in [4.78, 5) is 40.7. The molecule has 3 rings (SSSR count). The number of benzene rings is 2. The van der Waals surface area contributed by atoms with Crippen molar-refractivity contribution >= 4 is 35.0 Å². The van der Waals surface area contributed by atoms with Crippen molar-refractivity contribution < 1.29 is 33.3 Å². The number of rotatable bonds is 9. The summed E-state index contributed by atoms with van der Waals surface area (Å²) in [6.45, 7) is 1.76. The van der Waals surface area contributed by atoms with Gasteiger partial charge in [-0.15, -0.1) is 0 Å². The van der Waals surface area contributed by atoms with Gasteiger partial charge in [0.2, 0.25) is 11.7 Å². The van der Waals surface area contributed by atoms with Crippen molar-refractivity contribution in [1.29, 1.82) is 0 Å². The maximum Gasteiger partial charge on any atom is 0.269 e. The number of nitrogens with one attached hydrogen (secondary N) is 2. The molecule has 1 heterocycles. The van der Waals surface area contributed by atoms with E-state index < -0.39 is 18.4 Å². The lowest BCUT2D eigenvalue weighted by atomic mass is 10.1. The van der Waals surface area contributed by atoms with Gasteiger partial charge in [-0.1, -0.05) is 17.7 Å². The molecule has 0 saturated carbocycles. The Bertz CT molecular complexity index is 1060. The highest BCUT2D eigenvalue weighted by molar-refractivity contribution is 6.30. The molecule has 12 heteroatoms. The number of hydrogen-bond donors (Lipinski definition) is 2. The first-order valence-corrected chi connectivity index (χ1v) is 11.5. The maximum absolute atomic E-state index is 12.4. The fourth-order valence-corrected chi connectivity index (χ4v) is 3.84. The predicted octanol–water partition coefficient (Wildman–Crippen LogP) is 1.49. The third-order valence-corrected chi connectivity index (χ3v) is 5.74. The summed E-state index contributed by atoms with van der Waals surface area (Å²) >= 11 is 6.05. The van der Waals surface area contributed by atoms with E-state index in [1.54, 1.807) is 4.90 Å². The molecule has 1 fully saturated rings. The van der Waals surface area contributed by atoms with E-state index in [9.17, 15) is 14.4 Å². The van der Waals surface area contributed by atoms with E-state index >= 15 is 0 Å². The van der Waals surface area contributed by atoms with Crippen LogP contribution in [0.4, 0.5) is 5.69 Å². The zero-order valence-corrected chi connectivity index (χ0v) is 21.1. The second-order valence-corrected chi connectivity index (χ2v) is 8.19. The Hall–Kier alpha value is -3.70. The number of halogens is 1. The lowest BCUT2D eigenvalue weighted by molar-refractivity contribution is -0.138. The van der Waals surface area contributed by atoms with E-state index in [-0.39, 0.29) is 18.1 Å². The maximum atomic E-state index is 12.4. The molecule has 11 nitrogen and oxygen atoms in total. The van der Waals surface area contributed by atoms with E-state index in [1.807, 2.05) is 24.3 Å². The molecule has 3 amide bonds. The summed E-state index contributed by atoms with van der Waals surface area (Å²) in [6.07, 6.45) is 0. The fourth-order valence-electron chi connectivity index (χ4n) is 3.66. The number of carbonyl (C=O) groups is 3. The molecule has 1 aliphatic rings. The number of anilines is 1. The van der Waals surface area contributed by atoms with Crippen LogP contribution in [0.25, 0.3) is 0 Å². The van der Waals surface area contributed by atoms with Crippen LogP contribution in [0.3, 0.4) is 0 Å². The van der Waals surface area contributed by atoms with Crippen LogP contribution in [0.2, 0.25) is 5.02 Å². The van der Waals surface area contributed by atoms with Crippen LogP contribution in [0, 0.1) is 0 Å². The number of ether oxygens (including phenoxy) is 4. The molecular formula is C24H29ClN4O7. The third-order valence-electron chi connectivity index (χ3n) is 5.51. The van der Waals surface area contributed by atoms with Gasteiger partial charge < -0.3 is 28.7 Å². The van der Waals surface area contributed by atoms with Crippen LogP contribution in [0.5, 0.6) is 17.2 Å². The molecule has 0 spiro atoms. The Balaban J connectivity index is 1.40. The normalized spacial score (nSPS) is 13.1. The molecule has 0 radical (unpaired) electrons. The van der Waals surface area contributed by atoms with Crippen LogP contribution in [0.1, 0.15) is 10.4 Å². The van der Waals surface area contributed by atoms with Gasteiger partial charge in [0.15, 0.2) is 11.5 Å². The number of nitrogens with zero attached hydrogens (tertiary/aromatic N) is 2. The molecule has 2 N–H and O–H groups in total. The molecule has 1 saturated heterocycles. The molecule has 2 aromatic carbocycles. The summed E-state index contributed by atoms with van der Waals surface area (Å²) in [6, 6.07) is 10.5. The van der Waals surface area contributed by atoms with Crippen LogP contribution in [0.15, 0.2) is 36.4 Å². The molecule has 194 valence electrons. The zero-order valence-electron chi connectivity index (χ0n) is 20.3. The van der Waals surface area contributed by atoms with Gasteiger partial charge in [0, 0.05) is 42.5 Å². The summed E-state index contributed by atoms with van der Waals surface area (Å²) in [5.41, 5.74) is 5.72. The zero-order chi connectivity index (χ0) is 26.1. The van der Waals surface area contributed by atoms with E-state index in [1.165, 1.54) is 33.5 Å². The molecule has 0 bridgehead atoms. The second-order valence-electron chi connectivity index (χ2n) is 7.76. The molecule has 0 aromatic heterocycles. The van der Waals surface area contributed by atoms with Gasteiger partial charge in [0.25, 0.3) is 11.8 Å². The minimum atomic E-state index is -0.616. The Morgan fingerprint density at radius 3 is 2.14 bits per heavy atom. The van der Waals surface area contributed by atoms with Crippen molar-refractivity contribution in [2.24, 2.45) is 0 Å². The molecule has 2 aromatic rings. The quantitative estimate of drug-likeness (QED) is 0.477. The van der Waals surface area contributed by atoms with Gasteiger partial charge in [-0.25, -0.2) is 0 Å². The highest BCUT2D eigenvalue weighted by atomic mass is 35.5. The highest BCUT2D eigenvalue weighted by Gasteiger charge is 2.22. The Morgan fingerprint density at radius 2 is 1.56 bits per heavy atom. The highest BCUT2D eigenvalue weighted by Crippen LogP contribution is 2.38. The lowest BCUT2D eigenvalue weighted by Crippen LogP contribution is -2.50. The average molecular weight is 521 g/mol. The number of methoxy groups -OCH3 is 3. The minimum Gasteiger partial charge on any atom is -0.493 e. The minimum absolute atomic E-state index is 0.179. The first kappa shape index (κ1) is 26.9. The standard InChI is InChI=1S/C24H29ClN4O7/c1-33-19-11-16(12-20(34-2)23(19)35-3)24(32)27-26-21(30)14-36-15-22(31)29-9-7-28(8-10-29)18-6-4-5-17(25)13-18/h4-6,11-13H,7-10,14-15H2,1-3H3,(H,26,30)(H,27,32). The van der Waals surface area contributed by atoms with Crippen LogP contribution >= 0.6 is 11.6 Å². The summed E-state index contributed by atoms with van der Waals surface area (Å²) in [5.74, 6) is -0.503. The SMILES string of the molecule is COc1cc(C(=O)NNC(=O)COCC(=O)N2CCN(c3cccc(Cl)c3)CC2)cc(OC)c1OC. The van der Waals surface area contributed by atoms with E-state index in [0.717, 1.165) is 5.69 Å². The smallest absolute Gasteiger partial charge is 0.269 e. The molecule has 0 atom stereocenters. The number of carbonyl (C=O) groups excluding carboxylic acids is 3. The first-order valence-electron chi connectivity index (χ1n) is 11.1. The van der Waals surface area contributed by atoms with Gasteiger partial charge >= 0.3 is 0 Å². The first-order chi connectivity index (χ1) is 17.4. The Kier molecular flexibility index (Phi) is 9.60. The number of hydrazine groups is 1. The average Bonchev–Trinajstić information content (AvgIpc) is 2.90. The molecule has 0 unspecified atom stereocenters. The van der Waals surface area contributed by atoms with Crippen LogP contribution in [-0.2, 0) is 14.3 Å². The van der Waals surface area contributed by atoms with Gasteiger partial charge in [-0.3, -0.25) is 25.2 Å². The van der Waals surface area contributed by atoms with E-state index in [2.05, 4.69) is 15.8 Å². The second kappa shape index (κ2) is 12.8. The van der Waals surface area contributed by atoms with Gasteiger partial charge in [0.05, 0.1) is 21.3 Å². The largest absolute Gasteiger partial charge is 0.493 e. The van der Waals surface area contributed by atoms with Crippen molar-refractivity contribution in [3.63, 3.8) is 0 Å². The molecule has 36 heavy (non-hydrogen) atoms.